The number of rotatable bonds is 2. The van der Waals surface area contributed by atoms with E-state index in [9.17, 15) is 4.79 Å². The zero-order chi connectivity index (χ0) is 20.1. The Bertz CT molecular complexity index is 1360. The number of halogens is 1. The molecule has 0 saturated carbocycles. The molecule has 8 heteroatoms. The molecule has 5 rings (SSSR count). The highest BCUT2D eigenvalue weighted by Gasteiger charge is 2.29. The number of nitrogens with zero attached hydrogens (tertiary/aromatic N) is 4. The van der Waals surface area contributed by atoms with Crippen molar-refractivity contribution in [3.8, 4) is 5.69 Å². The van der Waals surface area contributed by atoms with Crippen LogP contribution in [-0.4, -0.2) is 25.6 Å². The lowest BCUT2D eigenvalue weighted by Gasteiger charge is -2.23. The van der Waals surface area contributed by atoms with E-state index in [1.165, 1.54) is 5.56 Å². The summed E-state index contributed by atoms with van der Waals surface area (Å²) in [5.74, 6) is 0.478. The van der Waals surface area contributed by atoms with Crippen LogP contribution in [0.2, 0.25) is 5.02 Å². The Kier molecular flexibility index (Phi) is 4.22. The summed E-state index contributed by atoms with van der Waals surface area (Å²) >= 11 is 11.5. The maximum Gasteiger partial charge on any atom is 0.264 e. The molecule has 0 fully saturated rings. The van der Waals surface area contributed by atoms with Crippen molar-refractivity contribution in [2.75, 3.05) is 4.90 Å². The molecule has 29 heavy (non-hydrogen) atoms. The molecule has 0 bridgehead atoms. The van der Waals surface area contributed by atoms with Crippen LogP contribution in [0.1, 0.15) is 12.5 Å². The third-order valence-corrected chi connectivity index (χ3v) is 5.81. The standard InChI is InChI=1S/C21H16ClN5OS/c1-12-10-13-4-2-3-5-16(13)27(12)21-24-18-17(19(28)25-21)20(29)26(11-23-18)15-8-6-14(22)7-9-15/h2-9,11-12H,10H2,1H3,(H,24,25,28). The van der Waals surface area contributed by atoms with Crippen LogP contribution in [0.4, 0.5) is 11.6 Å². The van der Waals surface area contributed by atoms with Crippen LogP contribution in [-0.2, 0) is 6.42 Å². The number of aromatic amines is 1. The Hall–Kier alpha value is -3.03. The van der Waals surface area contributed by atoms with Crippen molar-refractivity contribution in [3.05, 3.63) is 80.4 Å². The zero-order valence-electron chi connectivity index (χ0n) is 15.5. The molecule has 0 radical (unpaired) electrons. The molecular formula is C21H16ClN5OS. The number of para-hydroxylation sites is 1. The Morgan fingerprint density at radius 1 is 1.17 bits per heavy atom. The van der Waals surface area contributed by atoms with Gasteiger partial charge in [0, 0.05) is 22.4 Å². The summed E-state index contributed by atoms with van der Waals surface area (Å²) in [6.07, 6.45) is 2.48. The van der Waals surface area contributed by atoms with E-state index in [1.807, 2.05) is 35.2 Å². The number of nitrogens with one attached hydrogen (secondary N) is 1. The fraction of sp³-hybridized carbons (Fsp3) is 0.143. The van der Waals surface area contributed by atoms with E-state index < -0.39 is 0 Å². The van der Waals surface area contributed by atoms with Gasteiger partial charge in [0.25, 0.3) is 5.56 Å². The van der Waals surface area contributed by atoms with Crippen LogP contribution in [0.3, 0.4) is 0 Å². The normalized spacial score (nSPS) is 15.7. The zero-order valence-corrected chi connectivity index (χ0v) is 17.0. The minimum Gasteiger partial charge on any atom is -0.309 e. The summed E-state index contributed by atoms with van der Waals surface area (Å²) in [5.41, 5.74) is 3.08. The first kappa shape index (κ1) is 18.0. The minimum atomic E-state index is -0.303. The SMILES string of the molecule is CC1Cc2ccccc2N1c1nc2ncn(-c3ccc(Cl)cc3)c(=S)c2c(=O)[nH]1. The van der Waals surface area contributed by atoms with Gasteiger partial charge in [-0.2, -0.15) is 4.98 Å². The van der Waals surface area contributed by atoms with Gasteiger partial charge in [-0.25, -0.2) is 4.98 Å². The second-order valence-corrected chi connectivity index (χ2v) is 7.86. The van der Waals surface area contributed by atoms with Gasteiger partial charge in [-0.05, 0) is 49.2 Å². The minimum absolute atomic E-state index is 0.179. The van der Waals surface area contributed by atoms with Gasteiger partial charge in [0.05, 0.1) is 0 Å². The molecule has 2 aromatic carbocycles. The Morgan fingerprint density at radius 2 is 1.93 bits per heavy atom. The molecule has 1 atom stereocenters. The van der Waals surface area contributed by atoms with E-state index in [1.54, 1.807) is 23.0 Å². The van der Waals surface area contributed by atoms with E-state index in [0.717, 1.165) is 17.8 Å². The topological polar surface area (TPSA) is 66.8 Å². The molecule has 4 aromatic rings. The largest absolute Gasteiger partial charge is 0.309 e. The van der Waals surface area contributed by atoms with Gasteiger partial charge in [-0.15, -0.1) is 0 Å². The quantitative estimate of drug-likeness (QED) is 0.480. The molecule has 1 aliphatic heterocycles. The fourth-order valence-corrected chi connectivity index (χ4v) is 4.27. The molecule has 2 aromatic heterocycles. The lowest BCUT2D eigenvalue weighted by Crippen LogP contribution is -2.28. The highest BCUT2D eigenvalue weighted by atomic mass is 35.5. The van der Waals surface area contributed by atoms with Gasteiger partial charge in [-0.3, -0.25) is 14.3 Å². The van der Waals surface area contributed by atoms with E-state index in [2.05, 4.69) is 27.9 Å². The van der Waals surface area contributed by atoms with E-state index >= 15 is 0 Å². The molecule has 0 saturated heterocycles. The number of benzene rings is 2. The monoisotopic (exact) mass is 421 g/mol. The third-order valence-electron chi connectivity index (χ3n) is 5.16. The van der Waals surface area contributed by atoms with Crippen LogP contribution in [0.25, 0.3) is 16.7 Å². The first-order chi connectivity index (χ1) is 14.0. The van der Waals surface area contributed by atoms with Crippen molar-refractivity contribution < 1.29 is 0 Å². The molecule has 1 aliphatic rings. The van der Waals surface area contributed by atoms with Crippen molar-refractivity contribution in [1.29, 1.82) is 0 Å². The summed E-state index contributed by atoms with van der Waals surface area (Å²) in [7, 11) is 0. The number of aromatic nitrogens is 4. The maximum absolute atomic E-state index is 13.0. The second kappa shape index (κ2) is 6.79. The summed E-state index contributed by atoms with van der Waals surface area (Å²) in [4.78, 5) is 27.0. The average Bonchev–Trinajstić information content (AvgIpc) is 3.04. The summed E-state index contributed by atoms with van der Waals surface area (Å²) in [5, 5.41) is 0.916. The number of H-pyrrole nitrogens is 1. The Labute approximate surface area is 176 Å². The molecule has 144 valence electrons. The first-order valence-corrected chi connectivity index (χ1v) is 9.96. The third kappa shape index (κ3) is 2.94. The summed E-state index contributed by atoms with van der Waals surface area (Å²) in [6, 6.07) is 15.5. The Balaban J connectivity index is 1.67. The van der Waals surface area contributed by atoms with Gasteiger partial charge in [0.15, 0.2) is 5.65 Å². The van der Waals surface area contributed by atoms with Crippen molar-refractivity contribution >= 4 is 46.5 Å². The number of hydrogen-bond acceptors (Lipinski definition) is 5. The van der Waals surface area contributed by atoms with Crippen molar-refractivity contribution in [2.45, 2.75) is 19.4 Å². The highest BCUT2D eigenvalue weighted by molar-refractivity contribution is 7.71. The van der Waals surface area contributed by atoms with Crippen LogP contribution in [0.5, 0.6) is 0 Å². The van der Waals surface area contributed by atoms with Crippen LogP contribution >= 0.6 is 23.8 Å². The summed E-state index contributed by atoms with van der Waals surface area (Å²) in [6.45, 7) is 2.11. The lowest BCUT2D eigenvalue weighted by atomic mass is 10.1. The molecule has 1 unspecified atom stereocenters. The molecule has 3 heterocycles. The van der Waals surface area contributed by atoms with Crippen molar-refractivity contribution in [1.82, 2.24) is 19.5 Å². The van der Waals surface area contributed by atoms with Gasteiger partial charge in [0.1, 0.15) is 16.4 Å². The number of anilines is 2. The van der Waals surface area contributed by atoms with Gasteiger partial charge < -0.3 is 4.90 Å². The number of hydrogen-bond donors (Lipinski definition) is 1. The molecule has 0 amide bonds. The predicted octanol–water partition coefficient (Wildman–Crippen LogP) is 4.57. The van der Waals surface area contributed by atoms with Gasteiger partial charge in [-0.1, -0.05) is 42.0 Å². The van der Waals surface area contributed by atoms with Crippen molar-refractivity contribution in [2.24, 2.45) is 0 Å². The van der Waals surface area contributed by atoms with Gasteiger partial charge in [0.2, 0.25) is 5.95 Å². The van der Waals surface area contributed by atoms with E-state index in [0.29, 0.717) is 26.6 Å². The van der Waals surface area contributed by atoms with Crippen LogP contribution in [0.15, 0.2) is 59.7 Å². The predicted molar refractivity (Wildman–Crippen MR) is 117 cm³/mol. The fourth-order valence-electron chi connectivity index (χ4n) is 3.81. The average molecular weight is 422 g/mol. The highest BCUT2D eigenvalue weighted by Crippen LogP contribution is 2.36. The van der Waals surface area contributed by atoms with Gasteiger partial charge >= 0.3 is 0 Å². The van der Waals surface area contributed by atoms with Crippen molar-refractivity contribution in [3.63, 3.8) is 0 Å². The van der Waals surface area contributed by atoms with E-state index in [4.69, 9.17) is 23.8 Å². The lowest BCUT2D eigenvalue weighted by molar-refractivity contribution is 0.739. The maximum atomic E-state index is 13.0. The first-order valence-electron chi connectivity index (χ1n) is 9.17. The smallest absolute Gasteiger partial charge is 0.264 e. The Morgan fingerprint density at radius 3 is 2.72 bits per heavy atom. The number of fused-ring (bicyclic) bond motifs is 2. The summed E-state index contributed by atoms with van der Waals surface area (Å²) < 4.78 is 2.03. The molecule has 0 spiro atoms. The molecule has 0 aliphatic carbocycles. The molecule has 6 nitrogen and oxygen atoms in total. The van der Waals surface area contributed by atoms with E-state index in [-0.39, 0.29) is 11.6 Å². The van der Waals surface area contributed by atoms with Crippen LogP contribution < -0.4 is 10.5 Å². The second-order valence-electron chi connectivity index (χ2n) is 7.04. The molecular weight excluding hydrogens is 406 g/mol. The van der Waals surface area contributed by atoms with Crippen LogP contribution in [0, 0.1) is 4.64 Å². The molecule has 1 N–H and O–H groups in total.